The third-order valence-corrected chi connectivity index (χ3v) is 2.09. The van der Waals surface area contributed by atoms with Crippen LogP contribution in [-0.4, -0.2) is 19.0 Å². The number of nitrogens with one attached hydrogen (secondary N) is 1. The SMILES string of the molecule is O=C1NCC[N]C1c1ccccc1. The summed E-state index contributed by atoms with van der Waals surface area (Å²) in [5.74, 6) is 0.0115. The first-order valence-electron chi connectivity index (χ1n) is 4.37. The second kappa shape index (κ2) is 3.58. The Morgan fingerprint density at radius 2 is 2.08 bits per heavy atom. The van der Waals surface area contributed by atoms with E-state index < -0.39 is 0 Å². The number of hydrogen-bond acceptors (Lipinski definition) is 1. The van der Waals surface area contributed by atoms with E-state index in [1.807, 2.05) is 30.3 Å². The van der Waals surface area contributed by atoms with Gasteiger partial charge in [0.1, 0.15) is 6.04 Å². The highest BCUT2D eigenvalue weighted by molar-refractivity contribution is 5.83. The number of rotatable bonds is 1. The Labute approximate surface area is 77.1 Å². The largest absolute Gasteiger partial charge is 0.353 e. The minimum absolute atomic E-state index is 0.0115. The summed E-state index contributed by atoms with van der Waals surface area (Å²) in [6, 6.07) is 9.34. The molecule has 1 radical (unpaired) electrons. The lowest BCUT2D eigenvalue weighted by molar-refractivity contribution is -0.124. The molecule has 0 bridgehead atoms. The van der Waals surface area contributed by atoms with E-state index in [1.165, 1.54) is 0 Å². The Hall–Kier alpha value is -1.35. The predicted octanol–water partition coefficient (Wildman–Crippen LogP) is 0.462. The van der Waals surface area contributed by atoms with Gasteiger partial charge in [-0.05, 0) is 5.56 Å². The number of piperazine rings is 1. The van der Waals surface area contributed by atoms with Gasteiger partial charge in [-0.2, -0.15) is 0 Å². The first-order chi connectivity index (χ1) is 6.38. The number of hydrogen-bond donors (Lipinski definition) is 1. The highest BCUT2D eigenvalue weighted by atomic mass is 16.2. The summed E-state index contributed by atoms with van der Waals surface area (Å²) >= 11 is 0. The van der Waals surface area contributed by atoms with E-state index >= 15 is 0 Å². The van der Waals surface area contributed by atoms with Gasteiger partial charge < -0.3 is 5.32 Å². The van der Waals surface area contributed by atoms with E-state index in [0.29, 0.717) is 13.1 Å². The molecule has 1 aliphatic heterocycles. The zero-order valence-electron chi connectivity index (χ0n) is 7.23. The number of nitrogens with zero attached hydrogens (tertiary/aromatic N) is 1. The quantitative estimate of drug-likeness (QED) is 0.662. The van der Waals surface area contributed by atoms with Crippen LogP contribution in [0.4, 0.5) is 0 Å². The van der Waals surface area contributed by atoms with Crippen molar-refractivity contribution in [2.24, 2.45) is 0 Å². The molecule has 1 saturated heterocycles. The molecule has 1 N–H and O–H groups in total. The maximum absolute atomic E-state index is 11.4. The molecule has 0 spiro atoms. The summed E-state index contributed by atoms with van der Waals surface area (Å²) in [6.07, 6.45) is 0. The molecular weight excluding hydrogens is 164 g/mol. The van der Waals surface area contributed by atoms with Crippen molar-refractivity contribution in [3.8, 4) is 0 Å². The van der Waals surface area contributed by atoms with Crippen molar-refractivity contribution in [3.63, 3.8) is 0 Å². The molecule has 1 unspecified atom stereocenters. The summed E-state index contributed by atoms with van der Waals surface area (Å²) in [4.78, 5) is 11.4. The van der Waals surface area contributed by atoms with Gasteiger partial charge in [-0.15, -0.1) is 0 Å². The number of amides is 1. The molecule has 13 heavy (non-hydrogen) atoms. The smallest absolute Gasteiger partial charge is 0.243 e. The van der Waals surface area contributed by atoms with Gasteiger partial charge in [-0.1, -0.05) is 30.3 Å². The Bertz CT molecular complexity index is 297. The van der Waals surface area contributed by atoms with E-state index in [4.69, 9.17) is 0 Å². The van der Waals surface area contributed by atoms with Crippen LogP contribution in [0, 0.1) is 0 Å². The van der Waals surface area contributed by atoms with E-state index in [-0.39, 0.29) is 11.9 Å². The summed E-state index contributed by atoms with van der Waals surface area (Å²) in [5.41, 5.74) is 0.972. The first-order valence-corrected chi connectivity index (χ1v) is 4.37. The van der Waals surface area contributed by atoms with E-state index in [1.54, 1.807) is 0 Å². The van der Waals surface area contributed by atoms with Gasteiger partial charge in [0.15, 0.2) is 0 Å². The molecular formula is C10H11N2O. The maximum atomic E-state index is 11.4. The molecule has 1 heterocycles. The van der Waals surface area contributed by atoms with Gasteiger partial charge in [0.2, 0.25) is 5.91 Å². The monoisotopic (exact) mass is 175 g/mol. The van der Waals surface area contributed by atoms with Crippen LogP contribution < -0.4 is 10.6 Å². The molecule has 1 amide bonds. The lowest BCUT2D eigenvalue weighted by Gasteiger charge is -2.21. The third-order valence-electron chi connectivity index (χ3n) is 2.09. The van der Waals surface area contributed by atoms with Gasteiger partial charge in [-0.3, -0.25) is 4.79 Å². The van der Waals surface area contributed by atoms with Crippen molar-refractivity contribution in [1.29, 1.82) is 0 Å². The van der Waals surface area contributed by atoms with Crippen molar-refractivity contribution in [3.05, 3.63) is 35.9 Å². The summed E-state index contributed by atoms with van der Waals surface area (Å²) in [7, 11) is 0. The minimum atomic E-state index is -0.296. The minimum Gasteiger partial charge on any atom is -0.353 e. The first kappa shape index (κ1) is 8.26. The van der Waals surface area contributed by atoms with Crippen LogP contribution in [0.1, 0.15) is 11.6 Å². The van der Waals surface area contributed by atoms with Crippen molar-refractivity contribution < 1.29 is 4.79 Å². The second-order valence-electron chi connectivity index (χ2n) is 3.01. The van der Waals surface area contributed by atoms with E-state index in [9.17, 15) is 4.79 Å². The second-order valence-corrected chi connectivity index (χ2v) is 3.01. The number of carbonyl (C=O) groups excluding carboxylic acids is 1. The molecule has 0 aromatic heterocycles. The van der Waals surface area contributed by atoms with Gasteiger partial charge in [0, 0.05) is 13.1 Å². The van der Waals surface area contributed by atoms with E-state index in [2.05, 4.69) is 10.6 Å². The molecule has 1 fully saturated rings. The van der Waals surface area contributed by atoms with E-state index in [0.717, 1.165) is 5.56 Å². The van der Waals surface area contributed by atoms with Crippen molar-refractivity contribution in [2.75, 3.05) is 13.1 Å². The van der Waals surface area contributed by atoms with Crippen LogP contribution >= 0.6 is 0 Å². The number of carbonyl (C=O) groups is 1. The normalized spacial score (nSPS) is 22.5. The van der Waals surface area contributed by atoms with Crippen LogP contribution in [0.2, 0.25) is 0 Å². The summed E-state index contributed by atoms with van der Waals surface area (Å²) in [6.45, 7) is 1.38. The standard InChI is InChI=1S/C10H11N2O/c13-10-9(11-6-7-12-10)8-4-2-1-3-5-8/h1-5,9H,6-7H2,(H,12,13). The van der Waals surface area contributed by atoms with Crippen LogP contribution in [0.5, 0.6) is 0 Å². The molecule has 1 aromatic carbocycles. The fourth-order valence-corrected chi connectivity index (χ4v) is 1.44. The number of benzene rings is 1. The highest BCUT2D eigenvalue weighted by Crippen LogP contribution is 2.14. The molecule has 3 nitrogen and oxygen atoms in total. The third kappa shape index (κ3) is 1.70. The zero-order valence-corrected chi connectivity index (χ0v) is 7.23. The Balaban J connectivity index is 2.20. The molecule has 67 valence electrons. The average molecular weight is 175 g/mol. The van der Waals surface area contributed by atoms with Gasteiger partial charge in [0.25, 0.3) is 0 Å². The topological polar surface area (TPSA) is 43.2 Å². The van der Waals surface area contributed by atoms with Crippen molar-refractivity contribution >= 4 is 5.91 Å². The van der Waals surface area contributed by atoms with Gasteiger partial charge >= 0.3 is 0 Å². The van der Waals surface area contributed by atoms with Gasteiger partial charge in [0.05, 0.1) is 0 Å². The van der Waals surface area contributed by atoms with Crippen molar-refractivity contribution in [1.82, 2.24) is 10.6 Å². The lowest BCUT2D eigenvalue weighted by atomic mass is 10.1. The zero-order chi connectivity index (χ0) is 9.10. The molecule has 2 rings (SSSR count). The molecule has 1 aromatic rings. The predicted molar refractivity (Wildman–Crippen MR) is 49.2 cm³/mol. The fraction of sp³-hybridized carbons (Fsp3) is 0.300. The Morgan fingerprint density at radius 1 is 1.31 bits per heavy atom. The van der Waals surface area contributed by atoms with Crippen molar-refractivity contribution in [2.45, 2.75) is 6.04 Å². The lowest BCUT2D eigenvalue weighted by Crippen LogP contribution is -2.43. The highest BCUT2D eigenvalue weighted by Gasteiger charge is 2.23. The van der Waals surface area contributed by atoms with Crippen LogP contribution in [0.3, 0.4) is 0 Å². The summed E-state index contributed by atoms with van der Waals surface area (Å²) < 4.78 is 0. The fourth-order valence-electron chi connectivity index (χ4n) is 1.44. The Morgan fingerprint density at radius 3 is 2.77 bits per heavy atom. The maximum Gasteiger partial charge on any atom is 0.243 e. The molecule has 1 aliphatic rings. The average Bonchev–Trinajstić information content (AvgIpc) is 2.20. The molecule has 1 atom stereocenters. The molecule has 3 heteroatoms. The summed E-state index contributed by atoms with van der Waals surface area (Å²) in [5, 5.41) is 7.07. The Kier molecular flexibility index (Phi) is 2.27. The molecule has 0 saturated carbocycles. The van der Waals surface area contributed by atoms with Crippen LogP contribution in [0.15, 0.2) is 30.3 Å². The van der Waals surface area contributed by atoms with Gasteiger partial charge in [-0.25, -0.2) is 5.32 Å². The molecule has 0 aliphatic carbocycles. The van der Waals surface area contributed by atoms with Crippen LogP contribution in [-0.2, 0) is 4.79 Å². The van der Waals surface area contributed by atoms with Crippen LogP contribution in [0.25, 0.3) is 0 Å².